The maximum atomic E-state index is 13.5. The molecule has 0 bridgehead atoms. The van der Waals surface area contributed by atoms with E-state index in [0.717, 1.165) is 26.1 Å². The van der Waals surface area contributed by atoms with Crippen LogP contribution in [0.25, 0.3) is 6.08 Å². The van der Waals surface area contributed by atoms with Gasteiger partial charge in [0.2, 0.25) is 0 Å². The number of nitrogens with one attached hydrogen (secondary N) is 1. The molecule has 1 fully saturated rings. The molecule has 42 heavy (non-hydrogen) atoms. The number of ether oxygens (including phenoxy) is 2. The lowest BCUT2D eigenvalue weighted by molar-refractivity contribution is -0.122. The molecular weight excluding hydrogens is 596 g/mol. The minimum absolute atomic E-state index is 0.171. The smallest absolute Gasteiger partial charge is 0.335 e. The molecule has 0 saturated carbocycles. The Balaban J connectivity index is 1.38. The number of nitrogens with zero attached hydrogens (tertiary/aromatic N) is 1. The Morgan fingerprint density at radius 3 is 2.21 bits per heavy atom. The van der Waals surface area contributed by atoms with Crippen LogP contribution in [0.4, 0.5) is 10.5 Å². The fourth-order valence-corrected chi connectivity index (χ4v) is 5.53. The fraction of sp³-hybridized carbons (Fsp3) is 0.147. The van der Waals surface area contributed by atoms with Crippen LogP contribution in [0.1, 0.15) is 33.4 Å². The van der Waals surface area contributed by atoms with Gasteiger partial charge in [-0.2, -0.15) is 0 Å². The molecule has 0 radical (unpaired) electrons. The van der Waals surface area contributed by atoms with E-state index in [9.17, 15) is 14.4 Å². The second-order valence-electron chi connectivity index (χ2n) is 10.1. The van der Waals surface area contributed by atoms with E-state index < -0.39 is 17.8 Å². The highest BCUT2D eigenvalue weighted by atomic mass is 79.9. The molecule has 8 heteroatoms. The summed E-state index contributed by atoms with van der Waals surface area (Å²) in [6.45, 7) is 4.51. The van der Waals surface area contributed by atoms with Crippen molar-refractivity contribution in [2.75, 3.05) is 12.0 Å². The third-order valence-electron chi connectivity index (χ3n) is 6.82. The van der Waals surface area contributed by atoms with Crippen molar-refractivity contribution < 1.29 is 23.9 Å². The van der Waals surface area contributed by atoms with Crippen molar-refractivity contribution in [2.24, 2.45) is 0 Å². The highest BCUT2D eigenvalue weighted by molar-refractivity contribution is 9.10. The second-order valence-corrected chi connectivity index (χ2v) is 10.9. The molecule has 0 aromatic heterocycles. The minimum Gasteiger partial charge on any atom is -0.496 e. The quantitative estimate of drug-likeness (QED) is 0.170. The van der Waals surface area contributed by atoms with Crippen molar-refractivity contribution in [2.45, 2.75) is 26.9 Å². The van der Waals surface area contributed by atoms with Crippen LogP contribution in [-0.2, 0) is 22.6 Å². The van der Waals surface area contributed by atoms with Crippen LogP contribution in [0, 0.1) is 13.8 Å². The number of imide groups is 2. The van der Waals surface area contributed by atoms with Crippen LogP contribution in [-0.4, -0.2) is 25.0 Å². The summed E-state index contributed by atoms with van der Waals surface area (Å²) in [7, 11) is 1.58. The molecule has 0 aliphatic carbocycles. The molecule has 4 aromatic rings. The van der Waals surface area contributed by atoms with Crippen molar-refractivity contribution in [3.8, 4) is 11.5 Å². The lowest BCUT2D eigenvalue weighted by atomic mass is 9.98. The molecule has 212 valence electrons. The van der Waals surface area contributed by atoms with Gasteiger partial charge in [0.1, 0.15) is 23.7 Å². The number of halogens is 1. The topological polar surface area (TPSA) is 84.9 Å². The first kappa shape index (κ1) is 28.8. The van der Waals surface area contributed by atoms with E-state index in [0.29, 0.717) is 35.8 Å². The number of hydrogen-bond donors (Lipinski definition) is 1. The first-order valence-electron chi connectivity index (χ1n) is 13.3. The lowest BCUT2D eigenvalue weighted by Crippen LogP contribution is -2.54. The van der Waals surface area contributed by atoms with Crippen LogP contribution in [0.15, 0.2) is 95.0 Å². The maximum Gasteiger partial charge on any atom is 0.335 e. The number of barbiturate groups is 1. The lowest BCUT2D eigenvalue weighted by Gasteiger charge is -2.26. The van der Waals surface area contributed by atoms with Gasteiger partial charge in [-0.3, -0.25) is 14.9 Å². The number of hydrogen-bond acceptors (Lipinski definition) is 5. The third kappa shape index (κ3) is 6.44. The maximum absolute atomic E-state index is 13.5. The van der Waals surface area contributed by atoms with Crippen molar-refractivity contribution in [3.63, 3.8) is 0 Å². The zero-order chi connectivity index (χ0) is 29.8. The van der Waals surface area contributed by atoms with Gasteiger partial charge in [0.25, 0.3) is 11.8 Å². The number of carbonyl (C=O) groups excluding carboxylic acids is 3. The molecule has 1 aliphatic rings. The van der Waals surface area contributed by atoms with E-state index in [-0.39, 0.29) is 5.57 Å². The van der Waals surface area contributed by atoms with Crippen molar-refractivity contribution >= 4 is 45.5 Å². The zero-order valence-corrected chi connectivity index (χ0v) is 25.0. The number of amides is 4. The number of carbonyl (C=O) groups is 3. The molecule has 1 N–H and O–H groups in total. The van der Waals surface area contributed by atoms with Crippen LogP contribution in [0.2, 0.25) is 0 Å². The van der Waals surface area contributed by atoms with Gasteiger partial charge in [-0.25, -0.2) is 9.69 Å². The summed E-state index contributed by atoms with van der Waals surface area (Å²) in [5.41, 5.74) is 6.16. The van der Waals surface area contributed by atoms with Crippen LogP contribution >= 0.6 is 15.9 Å². The van der Waals surface area contributed by atoms with Crippen molar-refractivity contribution in [1.29, 1.82) is 0 Å². The third-order valence-corrected chi connectivity index (χ3v) is 7.52. The van der Waals surface area contributed by atoms with Gasteiger partial charge in [0, 0.05) is 16.5 Å². The van der Waals surface area contributed by atoms with Gasteiger partial charge in [-0.15, -0.1) is 0 Å². The summed E-state index contributed by atoms with van der Waals surface area (Å²) in [6.07, 6.45) is 2.10. The summed E-state index contributed by atoms with van der Waals surface area (Å²) >= 11 is 3.65. The number of benzene rings is 4. The minimum atomic E-state index is -0.817. The Hall–Kier alpha value is -4.69. The Kier molecular flexibility index (Phi) is 8.54. The normalized spacial score (nSPS) is 14.2. The monoisotopic (exact) mass is 624 g/mol. The molecule has 4 aromatic carbocycles. The SMILES string of the molecule is COc1cc(/C=C2\C(=O)NC(=O)N(c3ccc(OCc4ccccc4)cc3)C2=O)cc(Br)c1Cc1cc(C)cc(C)c1. The van der Waals surface area contributed by atoms with Crippen LogP contribution < -0.4 is 19.7 Å². The molecule has 0 spiro atoms. The highest BCUT2D eigenvalue weighted by Crippen LogP contribution is 2.33. The summed E-state index contributed by atoms with van der Waals surface area (Å²) in [4.78, 5) is 39.9. The van der Waals surface area contributed by atoms with Gasteiger partial charge < -0.3 is 9.47 Å². The molecule has 1 saturated heterocycles. The molecule has 0 unspecified atom stereocenters. The van der Waals surface area contributed by atoms with Gasteiger partial charge in [-0.1, -0.05) is 75.6 Å². The summed E-state index contributed by atoms with van der Waals surface area (Å²) in [6, 6.07) is 25.5. The number of rotatable bonds is 8. The fourth-order valence-electron chi connectivity index (χ4n) is 4.93. The molecule has 4 amide bonds. The van der Waals surface area contributed by atoms with E-state index in [1.807, 2.05) is 36.4 Å². The predicted octanol–water partition coefficient (Wildman–Crippen LogP) is 6.91. The Morgan fingerprint density at radius 2 is 1.55 bits per heavy atom. The highest BCUT2D eigenvalue weighted by Gasteiger charge is 2.37. The molecule has 5 rings (SSSR count). The van der Waals surface area contributed by atoms with E-state index in [4.69, 9.17) is 9.47 Å². The average molecular weight is 626 g/mol. The first-order valence-corrected chi connectivity index (χ1v) is 14.1. The van der Waals surface area contributed by atoms with Gasteiger partial charge in [0.15, 0.2) is 0 Å². The molecule has 7 nitrogen and oxygen atoms in total. The molecule has 1 heterocycles. The van der Waals surface area contributed by atoms with E-state index in [1.165, 1.54) is 17.2 Å². The van der Waals surface area contributed by atoms with E-state index >= 15 is 0 Å². The number of urea groups is 1. The Bertz CT molecular complexity index is 1680. The van der Waals surface area contributed by atoms with E-state index in [2.05, 4.69) is 53.3 Å². The molecule has 0 atom stereocenters. The van der Waals surface area contributed by atoms with Crippen molar-refractivity contribution in [1.82, 2.24) is 5.32 Å². The van der Waals surface area contributed by atoms with Crippen LogP contribution in [0.5, 0.6) is 11.5 Å². The van der Waals surface area contributed by atoms with Gasteiger partial charge in [-0.05, 0) is 73.0 Å². The number of anilines is 1. The molecule has 1 aliphatic heterocycles. The molecular formula is C34H29BrN2O5. The Labute approximate surface area is 252 Å². The summed E-state index contributed by atoms with van der Waals surface area (Å²) < 4.78 is 12.3. The van der Waals surface area contributed by atoms with Gasteiger partial charge in [0.05, 0.1) is 12.8 Å². The summed E-state index contributed by atoms with van der Waals surface area (Å²) in [5.74, 6) is -0.301. The second kappa shape index (κ2) is 12.4. The zero-order valence-electron chi connectivity index (χ0n) is 23.4. The first-order chi connectivity index (χ1) is 20.2. The Morgan fingerprint density at radius 1 is 0.857 bits per heavy atom. The average Bonchev–Trinajstić information content (AvgIpc) is 2.96. The largest absolute Gasteiger partial charge is 0.496 e. The summed E-state index contributed by atoms with van der Waals surface area (Å²) in [5, 5.41) is 2.27. The number of aryl methyl sites for hydroxylation is 2. The van der Waals surface area contributed by atoms with E-state index in [1.54, 1.807) is 37.4 Å². The predicted molar refractivity (Wildman–Crippen MR) is 166 cm³/mol. The van der Waals surface area contributed by atoms with Crippen LogP contribution in [0.3, 0.4) is 0 Å². The van der Waals surface area contributed by atoms with Gasteiger partial charge >= 0.3 is 6.03 Å². The number of methoxy groups -OCH3 is 1. The standard InChI is InChI=1S/C34H29BrN2O5/c1-21-13-22(2)15-24(14-21)16-28-30(35)18-25(19-31(28)41-3)17-29-32(38)36-34(40)37(33(29)39)26-9-11-27(12-10-26)42-20-23-7-5-4-6-8-23/h4-15,17-19H,16,20H2,1-3H3,(H,36,38,40)/b29-17+. The van der Waals surface area contributed by atoms with Crippen molar-refractivity contribution in [3.05, 3.63) is 128 Å².